The van der Waals surface area contributed by atoms with E-state index in [1.54, 1.807) is 7.11 Å². The van der Waals surface area contributed by atoms with E-state index in [0.717, 1.165) is 13.0 Å². The molecule has 1 atom stereocenters. The molecule has 2 nitrogen and oxygen atoms in total. The lowest BCUT2D eigenvalue weighted by atomic mass is 10.3. The van der Waals surface area contributed by atoms with E-state index in [1.807, 2.05) is 0 Å². The number of unbranched alkanes of at least 4 members (excludes halogenated alkanes) is 2. The molecule has 0 rings (SSSR count). The minimum atomic E-state index is -0.0170. The van der Waals surface area contributed by atoms with Gasteiger partial charge in [0, 0.05) is 13.7 Å². The Morgan fingerprint density at radius 3 is 2.64 bits per heavy atom. The van der Waals surface area contributed by atoms with Gasteiger partial charge in [0.1, 0.15) is 0 Å². The summed E-state index contributed by atoms with van der Waals surface area (Å²) in [6.45, 7) is 7.35. The van der Waals surface area contributed by atoms with Gasteiger partial charge in [-0.3, -0.25) is 0 Å². The van der Waals surface area contributed by atoms with Gasteiger partial charge in [-0.1, -0.05) is 19.8 Å². The summed E-state index contributed by atoms with van der Waals surface area (Å²) in [5.74, 6) is 0. The first kappa shape index (κ1) is 10.9. The largest absolute Gasteiger partial charge is 0.379 e. The number of methoxy groups -OCH3 is 1. The summed E-state index contributed by atoms with van der Waals surface area (Å²) in [6, 6.07) is 0. The second-order valence-electron chi connectivity index (χ2n) is 2.64. The Balaban J connectivity index is 2.89. The van der Waals surface area contributed by atoms with Crippen molar-refractivity contribution in [1.82, 2.24) is 0 Å². The maximum Gasteiger partial charge on any atom is 0.0805 e. The molecular weight excluding hydrogens is 140 g/mol. The van der Waals surface area contributed by atoms with Crippen LogP contribution in [0.3, 0.4) is 0 Å². The topological polar surface area (TPSA) is 18.5 Å². The molecule has 67 valence electrons. The predicted octanol–water partition coefficient (Wildman–Crippen LogP) is 2.04. The monoisotopic (exact) mass is 159 g/mol. The van der Waals surface area contributed by atoms with Crippen LogP contribution in [0.4, 0.5) is 0 Å². The first-order valence-corrected chi connectivity index (χ1v) is 4.24. The van der Waals surface area contributed by atoms with E-state index >= 15 is 0 Å². The van der Waals surface area contributed by atoms with Gasteiger partial charge in [0.25, 0.3) is 0 Å². The maximum absolute atomic E-state index is 5.30. The Morgan fingerprint density at radius 1 is 1.36 bits per heavy atom. The van der Waals surface area contributed by atoms with Crippen LogP contribution in [0.5, 0.6) is 0 Å². The number of hydrogen-bond donors (Lipinski definition) is 0. The Hall–Kier alpha value is -0.0800. The van der Waals surface area contributed by atoms with Crippen molar-refractivity contribution in [1.29, 1.82) is 0 Å². The summed E-state index contributed by atoms with van der Waals surface area (Å²) < 4.78 is 10.2. The summed E-state index contributed by atoms with van der Waals surface area (Å²) >= 11 is 0. The standard InChI is InChI=1S/C9H19O2/c1-4-5-6-7-11-8-9(2)10-3/h9H,2,4-8H2,1,3H3. The van der Waals surface area contributed by atoms with Crippen LogP contribution in [0.15, 0.2) is 0 Å². The Morgan fingerprint density at radius 2 is 2.09 bits per heavy atom. The molecule has 2 heteroatoms. The fourth-order valence-corrected chi connectivity index (χ4v) is 0.737. The van der Waals surface area contributed by atoms with Crippen LogP contribution >= 0.6 is 0 Å². The molecule has 0 saturated heterocycles. The molecule has 1 radical (unpaired) electrons. The summed E-state index contributed by atoms with van der Waals surface area (Å²) in [4.78, 5) is 0. The molecule has 0 aromatic rings. The average Bonchev–Trinajstić information content (AvgIpc) is 2.04. The normalized spacial score (nSPS) is 13.4. The molecule has 0 aliphatic carbocycles. The lowest BCUT2D eigenvalue weighted by Crippen LogP contribution is -2.14. The fraction of sp³-hybridized carbons (Fsp3) is 0.889. The third-order valence-electron chi connectivity index (χ3n) is 1.53. The first-order chi connectivity index (χ1) is 5.31. The zero-order valence-corrected chi connectivity index (χ0v) is 7.64. The molecule has 0 amide bonds. The van der Waals surface area contributed by atoms with Crippen LogP contribution in [-0.4, -0.2) is 26.4 Å². The number of hydrogen-bond acceptors (Lipinski definition) is 2. The Labute approximate surface area is 69.9 Å². The minimum absolute atomic E-state index is 0.0170. The van der Waals surface area contributed by atoms with Crippen LogP contribution in [-0.2, 0) is 9.47 Å². The molecule has 0 N–H and O–H groups in total. The van der Waals surface area contributed by atoms with Gasteiger partial charge in [-0.05, 0) is 13.3 Å². The van der Waals surface area contributed by atoms with E-state index in [4.69, 9.17) is 9.47 Å². The van der Waals surface area contributed by atoms with Crippen LogP contribution in [0.2, 0.25) is 0 Å². The highest BCUT2D eigenvalue weighted by molar-refractivity contribution is 4.56. The third kappa shape index (κ3) is 7.82. The van der Waals surface area contributed by atoms with Gasteiger partial charge < -0.3 is 9.47 Å². The molecule has 0 heterocycles. The molecule has 0 aromatic heterocycles. The summed E-state index contributed by atoms with van der Waals surface area (Å²) in [7, 11) is 1.65. The fourth-order valence-electron chi connectivity index (χ4n) is 0.737. The van der Waals surface area contributed by atoms with E-state index in [-0.39, 0.29) is 6.10 Å². The van der Waals surface area contributed by atoms with E-state index in [0.29, 0.717) is 6.61 Å². The Kier molecular flexibility index (Phi) is 7.96. The van der Waals surface area contributed by atoms with Gasteiger partial charge in [-0.25, -0.2) is 0 Å². The van der Waals surface area contributed by atoms with Crippen molar-refractivity contribution in [2.24, 2.45) is 0 Å². The molecular formula is C9H19O2. The molecule has 0 aliphatic heterocycles. The molecule has 0 aromatic carbocycles. The van der Waals surface area contributed by atoms with Gasteiger partial charge in [-0.15, -0.1) is 0 Å². The molecule has 0 aliphatic rings. The van der Waals surface area contributed by atoms with Crippen molar-refractivity contribution in [2.75, 3.05) is 20.3 Å². The van der Waals surface area contributed by atoms with Gasteiger partial charge in [0.05, 0.1) is 12.7 Å². The molecule has 0 fully saturated rings. The van der Waals surface area contributed by atoms with Crippen LogP contribution in [0, 0.1) is 6.92 Å². The van der Waals surface area contributed by atoms with Crippen molar-refractivity contribution >= 4 is 0 Å². The third-order valence-corrected chi connectivity index (χ3v) is 1.53. The van der Waals surface area contributed by atoms with Gasteiger partial charge >= 0.3 is 0 Å². The molecule has 1 unspecified atom stereocenters. The lowest BCUT2D eigenvalue weighted by molar-refractivity contribution is 0.0304. The van der Waals surface area contributed by atoms with Gasteiger partial charge in [0.15, 0.2) is 0 Å². The SMILES string of the molecule is [CH2]C(COCCCCC)OC. The average molecular weight is 159 g/mol. The molecule has 0 saturated carbocycles. The van der Waals surface area contributed by atoms with Crippen LogP contribution in [0.1, 0.15) is 26.2 Å². The van der Waals surface area contributed by atoms with Crippen LogP contribution < -0.4 is 0 Å². The summed E-state index contributed by atoms with van der Waals surface area (Å²) in [5.41, 5.74) is 0. The highest BCUT2D eigenvalue weighted by Gasteiger charge is 1.97. The number of rotatable bonds is 7. The quantitative estimate of drug-likeness (QED) is 0.529. The lowest BCUT2D eigenvalue weighted by Gasteiger charge is -2.09. The van der Waals surface area contributed by atoms with E-state index in [2.05, 4.69) is 13.8 Å². The predicted molar refractivity (Wildman–Crippen MR) is 46.5 cm³/mol. The zero-order valence-electron chi connectivity index (χ0n) is 7.64. The van der Waals surface area contributed by atoms with E-state index < -0.39 is 0 Å². The number of ether oxygens (including phenoxy) is 2. The summed E-state index contributed by atoms with van der Waals surface area (Å²) in [6.07, 6.45) is 3.61. The zero-order chi connectivity index (χ0) is 8.53. The maximum atomic E-state index is 5.30. The second kappa shape index (κ2) is 8.02. The van der Waals surface area contributed by atoms with Crippen molar-refractivity contribution in [3.8, 4) is 0 Å². The second-order valence-corrected chi connectivity index (χ2v) is 2.64. The molecule has 0 bridgehead atoms. The first-order valence-electron chi connectivity index (χ1n) is 4.24. The Bertz CT molecular complexity index is 74.0. The smallest absolute Gasteiger partial charge is 0.0805 e. The highest BCUT2D eigenvalue weighted by Crippen LogP contribution is 1.95. The molecule has 0 spiro atoms. The minimum Gasteiger partial charge on any atom is -0.379 e. The van der Waals surface area contributed by atoms with Gasteiger partial charge in [-0.2, -0.15) is 0 Å². The van der Waals surface area contributed by atoms with Crippen molar-refractivity contribution < 1.29 is 9.47 Å². The molecule has 11 heavy (non-hydrogen) atoms. The van der Waals surface area contributed by atoms with Crippen LogP contribution in [0.25, 0.3) is 0 Å². The van der Waals surface area contributed by atoms with Crippen molar-refractivity contribution in [3.63, 3.8) is 0 Å². The highest BCUT2D eigenvalue weighted by atomic mass is 16.5. The van der Waals surface area contributed by atoms with Crippen molar-refractivity contribution in [2.45, 2.75) is 32.3 Å². The van der Waals surface area contributed by atoms with Crippen molar-refractivity contribution in [3.05, 3.63) is 6.92 Å². The van der Waals surface area contributed by atoms with Gasteiger partial charge in [0.2, 0.25) is 0 Å². The van der Waals surface area contributed by atoms with E-state index in [1.165, 1.54) is 12.8 Å². The van der Waals surface area contributed by atoms with E-state index in [9.17, 15) is 0 Å². The summed E-state index contributed by atoms with van der Waals surface area (Å²) in [5, 5.41) is 0.